The van der Waals surface area contributed by atoms with Gasteiger partial charge in [0.2, 0.25) is 10.3 Å². The van der Waals surface area contributed by atoms with E-state index in [1.165, 1.54) is 43.5 Å². The predicted octanol–water partition coefficient (Wildman–Crippen LogP) is 5.42. The van der Waals surface area contributed by atoms with Crippen LogP contribution in [-0.4, -0.2) is 32.5 Å². The van der Waals surface area contributed by atoms with E-state index in [2.05, 4.69) is 5.32 Å². The summed E-state index contributed by atoms with van der Waals surface area (Å²) in [7, 11) is -1.29. The molecule has 0 fully saturated rings. The molecular formula is C22H15ClF5NO5S. The monoisotopic (exact) mass is 535 g/mol. The van der Waals surface area contributed by atoms with Gasteiger partial charge < -0.3 is 14.8 Å². The van der Waals surface area contributed by atoms with Crippen LogP contribution >= 0.6 is 11.6 Å². The first kappa shape index (κ1) is 26.2. The lowest BCUT2D eigenvalue weighted by Gasteiger charge is -2.22. The van der Waals surface area contributed by atoms with E-state index < -0.39 is 45.2 Å². The fourth-order valence-corrected chi connectivity index (χ4v) is 3.61. The highest BCUT2D eigenvalue weighted by molar-refractivity contribution is 7.73. The fraction of sp³-hybridized carbons (Fsp3) is 0.182. The number of nitrogens with one attached hydrogen (secondary N) is 1. The number of allylic oxidation sites excluding steroid dienone is 4. The Morgan fingerprint density at radius 1 is 1.03 bits per heavy atom. The van der Waals surface area contributed by atoms with Crippen LogP contribution in [0.15, 0.2) is 60.3 Å². The minimum absolute atomic E-state index is 0.0223. The number of amides is 1. The molecule has 0 saturated heterocycles. The Kier molecular flexibility index (Phi) is 7.56. The van der Waals surface area contributed by atoms with E-state index in [4.69, 9.17) is 21.1 Å². The maximum Gasteiger partial charge on any atom is 0.458 e. The Morgan fingerprint density at radius 3 is 2.37 bits per heavy atom. The summed E-state index contributed by atoms with van der Waals surface area (Å²) >= 11 is 5.88. The van der Waals surface area contributed by atoms with Crippen molar-refractivity contribution < 1.29 is 44.6 Å². The van der Waals surface area contributed by atoms with Gasteiger partial charge in [-0.3, -0.25) is 4.79 Å². The average molecular weight is 536 g/mol. The molecule has 35 heavy (non-hydrogen) atoms. The van der Waals surface area contributed by atoms with Gasteiger partial charge in [0.05, 0.1) is 17.5 Å². The molecule has 0 radical (unpaired) electrons. The molecule has 3 rings (SSSR count). The topological polar surface area (TPSA) is 81.7 Å². The number of benzene rings is 2. The summed E-state index contributed by atoms with van der Waals surface area (Å²) in [5.41, 5.74) is -1.71. The van der Waals surface area contributed by atoms with Crippen LogP contribution < -0.4 is 14.8 Å². The van der Waals surface area contributed by atoms with Crippen LogP contribution in [0, 0.1) is 0 Å². The summed E-state index contributed by atoms with van der Waals surface area (Å²) in [4.78, 5) is 12.9. The second-order valence-electron chi connectivity index (χ2n) is 7.06. The number of hydrogen-bond acceptors (Lipinski definition) is 5. The van der Waals surface area contributed by atoms with Crippen LogP contribution in [0.2, 0.25) is 5.02 Å². The van der Waals surface area contributed by atoms with Crippen molar-refractivity contribution in [1.29, 1.82) is 0 Å². The summed E-state index contributed by atoms with van der Waals surface area (Å²) in [5, 5.41) is 2.63. The number of rotatable bonds is 6. The number of halogens is 6. The van der Waals surface area contributed by atoms with Crippen molar-refractivity contribution in [2.45, 2.75) is 18.5 Å². The molecule has 0 spiro atoms. The Labute approximate surface area is 202 Å². The number of methoxy groups -OCH3 is 1. The largest absolute Gasteiger partial charge is 0.493 e. The van der Waals surface area contributed by atoms with E-state index in [1.807, 2.05) is 0 Å². The third-order valence-corrected chi connectivity index (χ3v) is 5.67. The molecule has 0 aliphatic heterocycles. The molecule has 6 nitrogen and oxygen atoms in total. The molecule has 1 N–H and O–H groups in total. The molecule has 1 amide bonds. The zero-order chi connectivity index (χ0) is 26.0. The normalized spacial score (nSPS) is 13.8. The minimum Gasteiger partial charge on any atom is -0.493 e. The number of alkyl halides is 5. The van der Waals surface area contributed by atoms with Crippen LogP contribution in [0.5, 0.6) is 17.2 Å². The van der Waals surface area contributed by atoms with E-state index in [9.17, 15) is 35.2 Å². The molecule has 13 heteroatoms. The SMILES string of the molecule is COc1cc(Cl)ccc1Oc1cc(C(F)(F)C(F)(F)F)ccc1C(=O)NC1=CC=CC(=S(=O)=O)C1. The smallest absolute Gasteiger partial charge is 0.458 e. The molecule has 2 aromatic carbocycles. The van der Waals surface area contributed by atoms with Gasteiger partial charge >= 0.3 is 12.1 Å². The molecule has 0 aromatic heterocycles. The molecule has 0 bridgehead atoms. The first-order valence-corrected chi connectivity index (χ1v) is 11.0. The van der Waals surface area contributed by atoms with E-state index >= 15 is 0 Å². The van der Waals surface area contributed by atoms with Crippen LogP contribution in [0.4, 0.5) is 22.0 Å². The summed E-state index contributed by atoms with van der Waals surface area (Å²) in [6.07, 6.45) is -1.97. The maximum atomic E-state index is 14.0. The second kappa shape index (κ2) is 10.1. The van der Waals surface area contributed by atoms with Crippen molar-refractivity contribution in [2.24, 2.45) is 0 Å². The highest BCUT2D eigenvalue weighted by Crippen LogP contribution is 2.46. The first-order chi connectivity index (χ1) is 16.3. The van der Waals surface area contributed by atoms with Gasteiger partial charge in [-0.05, 0) is 36.4 Å². The van der Waals surface area contributed by atoms with Gasteiger partial charge in [0.15, 0.2) is 11.5 Å². The van der Waals surface area contributed by atoms with Crippen molar-refractivity contribution in [3.8, 4) is 17.2 Å². The Morgan fingerprint density at radius 2 is 1.74 bits per heavy atom. The third kappa shape index (κ3) is 5.82. The van der Waals surface area contributed by atoms with E-state index in [0.717, 1.165) is 6.07 Å². The molecule has 1 aliphatic carbocycles. The summed E-state index contributed by atoms with van der Waals surface area (Å²) < 4.78 is 99.8. The first-order valence-electron chi connectivity index (χ1n) is 9.57. The zero-order valence-corrected chi connectivity index (χ0v) is 19.2. The molecule has 0 saturated carbocycles. The van der Waals surface area contributed by atoms with Gasteiger partial charge in [0.25, 0.3) is 5.91 Å². The highest BCUT2D eigenvalue weighted by atomic mass is 35.5. The standard InChI is InChI=1S/C22H15ClF5NO5S/c1-33-19-10-13(23)6-8-17(19)34-18-9-12(21(24,25)22(26,27)28)5-7-16(18)20(30)29-14-3-2-4-15(11-14)35(31)32/h2-10H,11H2,1H3,(H,29,30). The quantitative estimate of drug-likeness (QED) is 0.395. The summed E-state index contributed by atoms with van der Waals surface area (Å²) in [6, 6.07) is 5.54. The molecule has 0 unspecified atom stereocenters. The number of carbonyl (C=O) groups is 1. The Balaban J connectivity index is 2.05. The van der Waals surface area contributed by atoms with Crippen molar-refractivity contribution in [1.82, 2.24) is 5.32 Å². The second-order valence-corrected chi connectivity index (χ2v) is 8.49. The van der Waals surface area contributed by atoms with Gasteiger partial charge in [-0.2, -0.15) is 30.4 Å². The molecule has 1 aliphatic rings. The highest BCUT2D eigenvalue weighted by Gasteiger charge is 2.58. The molecule has 0 heterocycles. The van der Waals surface area contributed by atoms with Gasteiger partial charge in [0, 0.05) is 28.8 Å². The minimum atomic E-state index is -5.90. The van der Waals surface area contributed by atoms with E-state index in [0.29, 0.717) is 12.1 Å². The van der Waals surface area contributed by atoms with Crippen LogP contribution in [0.25, 0.3) is 0 Å². The predicted molar refractivity (Wildman–Crippen MR) is 118 cm³/mol. The van der Waals surface area contributed by atoms with Crippen molar-refractivity contribution >= 4 is 32.7 Å². The van der Waals surface area contributed by atoms with Gasteiger partial charge in [-0.25, -0.2) is 0 Å². The lowest BCUT2D eigenvalue weighted by atomic mass is 10.0. The van der Waals surface area contributed by atoms with E-state index in [1.54, 1.807) is 0 Å². The van der Waals surface area contributed by atoms with Gasteiger partial charge in [-0.15, -0.1) is 0 Å². The molecule has 186 valence electrons. The maximum absolute atomic E-state index is 14.0. The number of ether oxygens (including phenoxy) is 2. The average Bonchev–Trinajstić information content (AvgIpc) is 2.79. The lowest BCUT2D eigenvalue weighted by molar-refractivity contribution is -0.289. The van der Waals surface area contributed by atoms with E-state index in [-0.39, 0.29) is 33.5 Å². The van der Waals surface area contributed by atoms with Gasteiger partial charge in [-0.1, -0.05) is 23.7 Å². The molecule has 2 aromatic rings. The number of hydrogen-bond donors (Lipinski definition) is 1. The lowest BCUT2D eigenvalue weighted by Crippen LogP contribution is -2.33. The van der Waals surface area contributed by atoms with Crippen LogP contribution in [-0.2, 0) is 16.2 Å². The Bertz CT molecular complexity index is 1360. The van der Waals surface area contributed by atoms with Crippen LogP contribution in [0.1, 0.15) is 22.3 Å². The summed E-state index contributed by atoms with van der Waals surface area (Å²) in [5.74, 6) is -6.90. The fourth-order valence-electron chi connectivity index (χ4n) is 2.99. The zero-order valence-electron chi connectivity index (χ0n) is 17.6. The molecular weight excluding hydrogens is 521 g/mol. The van der Waals surface area contributed by atoms with Crippen molar-refractivity contribution in [3.63, 3.8) is 0 Å². The summed E-state index contributed by atoms with van der Waals surface area (Å²) in [6.45, 7) is 0. The number of carbonyl (C=O) groups excluding carboxylic acids is 1. The van der Waals surface area contributed by atoms with Gasteiger partial charge in [0.1, 0.15) is 5.75 Å². The van der Waals surface area contributed by atoms with Crippen molar-refractivity contribution in [2.75, 3.05) is 7.11 Å². The van der Waals surface area contributed by atoms with Crippen molar-refractivity contribution in [3.05, 3.63) is 76.5 Å². The third-order valence-electron chi connectivity index (χ3n) is 4.72. The molecule has 0 atom stereocenters. The Hall–Kier alpha value is -3.38. The van der Waals surface area contributed by atoms with Crippen LogP contribution in [0.3, 0.4) is 0 Å².